The second-order valence-electron chi connectivity index (χ2n) is 7.54. The average molecular weight is 527 g/mol. The molecular weight excluding hydrogens is 505 g/mol. The van der Waals surface area contributed by atoms with E-state index < -0.39 is 28.0 Å². The van der Waals surface area contributed by atoms with Gasteiger partial charge in [0.1, 0.15) is 12.4 Å². The van der Waals surface area contributed by atoms with Gasteiger partial charge in [-0.15, -0.1) is 0 Å². The number of aliphatic hydroxyl groups excluding tert-OH is 1. The monoisotopic (exact) mass is 526 g/mol. The van der Waals surface area contributed by atoms with Crippen LogP contribution < -0.4 is 14.8 Å². The summed E-state index contributed by atoms with van der Waals surface area (Å²) in [4.78, 5) is 0.169. The van der Waals surface area contributed by atoms with Gasteiger partial charge in [-0.1, -0.05) is 12.1 Å². The largest absolute Gasteiger partial charge is 0.492 e. The van der Waals surface area contributed by atoms with Crippen molar-refractivity contribution in [2.45, 2.75) is 17.2 Å². The molecule has 0 radical (unpaired) electrons. The van der Waals surface area contributed by atoms with Crippen LogP contribution in [0.1, 0.15) is 17.4 Å². The van der Waals surface area contributed by atoms with Crippen molar-refractivity contribution in [3.8, 4) is 5.75 Å². The Morgan fingerprint density at radius 1 is 1.17 bits per heavy atom. The Bertz CT molecular complexity index is 1390. The summed E-state index contributed by atoms with van der Waals surface area (Å²) in [6, 6.07) is 12.2. The zero-order valence-electron chi connectivity index (χ0n) is 18.0. The maximum absolute atomic E-state index is 12.9. The minimum Gasteiger partial charge on any atom is -0.492 e. The Balaban J connectivity index is 1.26. The van der Waals surface area contributed by atoms with Crippen LogP contribution in [-0.4, -0.2) is 43.4 Å². The number of alkyl halides is 3. The highest BCUT2D eigenvalue weighted by molar-refractivity contribution is 7.92. The summed E-state index contributed by atoms with van der Waals surface area (Å²) in [6.45, 7) is 0.744. The van der Waals surface area contributed by atoms with Crippen LogP contribution in [0.4, 0.5) is 18.9 Å². The third kappa shape index (κ3) is 6.11. The van der Waals surface area contributed by atoms with Crippen molar-refractivity contribution in [3.63, 3.8) is 0 Å². The molecule has 4 aromatic rings. The Labute approximate surface area is 202 Å². The summed E-state index contributed by atoms with van der Waals surface area (Å²) in [5.41, 5.74) is 0.0961. The van der Waals surface area contributed by atoms with Gasteiger partial charge in [-0.2, -0.15) is 29.6 Å². The highest BCUT2D eigenvalue weighted by Gasteiger charge is 2.35. The lowest BCUT2D eigenvalue weighted by molar-refractivity contribution is -0.139. The Kier molecular flexibility index (Phi) is 7.31. The van der Waals surface area contributed by atoms with Crippen molar-refractivity contribution >= 4 is 38.0 Å². The standard InChI is InChI=1S/C22H21F3N4O4S2/c23-22(24,25)21-18-5-4-16(11-19(18)27-28-21)33-8-7-26-12-20(30)14-2-1-3-15(10-14)29-35(31,32)17-6-9-34-13-17/h1-6,9-11,13,20,26,29-30H,7-8,12H2,(H,27,28)/t20-/m0/s1. The van der Waals surface area contributed by atoms with Crippen LogP contribution in [0, 0.1) is 0 Å². The summed E-state index contributed by atoms with van der Waals surface area (Å²) in [5, 5.41) is 22.3. The minimum atomic E-state index is -4.54. The topological polar surface area (TPSA) is 116 Å². The number of fused-ring (bicyclic) bond motifs is 1. The number of benzene rings is 2. The van der Waals surface area contributed by atoms with Gasteiger partial charge in [-0.25, -0.2) is 8.42 Å². The van der Waals surface area contributed by atoms with E-state index in [1.54, 1.807) is 29.6 Å². The molecule has 0 bridgehead atoms. The third-order valence-electron chi connectivity index (χ3n) is 5.02. The van der Waals surface area contributed by atoms with Gasteiger partial charge in [0.2, 0.25) is 0 Å². The molecule has 13 heteroatoms. The number of aromatic nitrogens is 2. The SMILES string of the molecule is O=S(=O)(Nc1cccc([C@@H](O)CNCCOc2ccc3c(C(F)(F)F)n[nH]c3c2)c1)c1ccsc1. The maximum atomic E-state index is 12.9. The normalized spacial score (nSPS) is 13.1. The smallest absolute Gasteiger partial charge is 0.435 e. The first-order valence-electron chi connectivity index (χ1n) is 10.4. The number of thiophene rings is 1. The molecule has 0 unspecified atom stereocenters. The van der Waals surface area contributed by atoms with E-state index in [-0.39, 0.29) is 29.0 Å². The molecule has 1 atom stereocenters. The Morgan fingerprint density at radius 3 is 2.74 bits per heavy atom. The fraction of sp³-hybridized carbons (Fsp3) is 0.227. The molecule has 0 fully saturated rings. The van der Waals surface area contributed by atoms with Crippen molar-refractivity contribution in [3.05, 3.63) is 70.5 Å². The molecule has 8 nitrogen and oxygen atoms in total. The second-order valence-corrected chi connectivity index (χ2v) is 10.00. The molecule has 0 aliphatic rings. The highest BCUT2D eigenvalue weighted by atomic mass is 32.2. The van der Waals surface area contributed by atoms with Crippen LogP contribution in [0.2, 0.25) is 0 Å². The first kappa shape index (κ1) is 25.0. The van der Waals surface area contributed by atoms with Gasteiger partial charge < -0.3 is 15.2 Å². The van der Waals surface area contributed by atoms with Crippen molar-refractivity contribution in [1.29, 1.82) is 0 Å². The fourth-order valence-corrected chi connectivity index (χ4v) is 5.41. The van der Waals surface area contributed by atoms with E-state index in [1.165, 1.54) is 41.0 Å². The molecular formula is C22H21F3N4O4S2. The lowest BCUT2D eigenvalue weighted by Crippen LogP contribution is -2.26. The summed E-state index contributed by atoms with van der Waals surface area (Å²) in [7, 11) is -3.70. The van der Waals surface area contributed by atoms with Gasteiger partial charge in [0.25, 0.3) is 10.0 Å². The van der Waals surface area contributed by atoms with E-state index in [2.05, 4.69) is 20.2 Å². The second kappa shape index (κ2) is 10.2. The van der Waals surface area contributed by atoms with Gasteiger partial charge in [0.05, 0.1) is 16.5 Å². The number of H-pyrrole nitrogens is 1. The number of nitrogens with one attached hydrogen (secondary N) is 3. The van der Waals surface area contributed by atoms with Crippen molar-refractivity contribution < 1.29 is 31.4 Å². The fourth-order valence-electron chi connectivity index (χ4n) is 3.33. The summed E-state index contributed by atoms with van der Waals surface area (Å²) >= 11 is 1.28. The molecule has 0 amide bonds. The molecule has 0 aliphatic carbocycles. The lowest BCUT2D eigenvalue weighted by Gasteiger charge is -2.14. The van der Waals surface area contributed by atoms with Crippen LogP contribution in [-0.2, 0) is 16.2 Å². The predicted molar refractivity (Wildman–Crippen MR) is 126 cm³/mol. The minimum absolute atomic E-state index is 0.0362. The van der Waals surface area contributed by atoms with Crippen LogP contribution in [0.3, 0.4) is 0 Å². The van der Waals surface area contributed by atoms with Gasteiger partial charge in [-0.3, -0.25) is 9.82 Å². The first-order valence-corrected chi connectivity index (χ1v) is 12.8. The van der Waals surface area contributed by atoms with E-state index in [0.717, 1.165) is 0 Å². The van der Waals surface area contributed by atoms with E-state index in [0.29, 0.717) is 23.5 Å². The number of sulfonamides is 1. The van der Waals surface area contributed by atoms with Crippen LogP contribution in [0.25, 0.3) is 10.9 Å². The number of anilines is 1. The van der Waals surface area contributed by atoms with Crippen molar-refractivity contribution in [2.75, 3.05) is 24.4 Å². The van der Waals surface area contributed by atoms with Crippen LogP contribution in [0.5, 0.6) is 5.75 Å². The number of hydrogen-bond acceptors (Lipinski definition) is 7. The van der Waals surface area contributed by atoms with E-state index in [4.69, 9.17) is 4.74 Å². The van der Waals surface area contributed by atoms with Gasteiger partial charge in [0, 0.05) is 35.6 Å². The molecule has 2 heterocycles. The molecule has 4 N–H and O–H groups in total. The van der Waals surface area contributed by atoms with Crippen LogP contribution in [0.15, 0.2) is 64.2 Å². The Hall–Kier alpha value is -3.13. The molecule has 0 saturated heterocycles. The molecule has 186 valence electrons. The van der Waals surface area contributed by atoms with E-state index in [1.807, 2.05) is 0 Å². The van der Waals surface area contributed by atoms with Crippen LogP contribution >= 0.6 is 11.3 Å². The molecule has 0 saturated carbocycles. The van der Waals surface area contributed by atoms with Gasteiger partial charge in [-0.05, 0) is 41.3 Å². The summed E-state index contributed by atoms with van der Waals surface area (Å²) < 4.78 is 71.5. The highest BCUT2D eigenvalue weighted by Crippen LogP contribution is 2.34. The quantitative estimate of drug-likeness (QED) is 0.231. The molecule has 35 heavy (non-hydrogen) atoms. The first-order chi connectivity index (χ1) is 16.6. The predicted octanol–water partition coefficient (Wildman–Crippen LogP) is 4.15. The molecule has 0 aliphatic heterocycles. The van der Waals surface area contributed by atoms with Gasteiger partial charge >= 0.3 is 6.18 Å². The summed E-state index contributed by atoms with van der Waals surface area (Å²) in [5.74, 6) is 0.378. The number of ether oxygens (including phenoxy) is 1. The molecule has 4 rings (SSSR count). The number of hydrogen-bond donors (Lipinski definition) is 4. The number of aromatic amines is 1. The van der Waals surface area contributed by atoms with Gasteiger partial charge in [0.15, 0.2) is 5.69 Å². The molecule has 2 aromatic heterocycles. The average Bonchev–Trinajstić information content (AvgIpc) is 3.49. The maximum Gasteiger partial charge on any atom is 0.435 e. The lowest BCUT2D eigenvalue weighted by atomic mass is 10.1. The van der Waals surface area contributed by atoms with E-state index in [9.17, 15) is 26.7 Å². The third-order valence-corrected chi connectivity index (χ3v) is 7.23. The van der Waals surface area contributed by atoms with Crippen molar-refractivity contribution in [2.24, 2.45) is 0 Å². The van der Waals surface area contributed by atoms with Crippen molar-refractivity contribution in [1.82, 2.24) is 15.5 Å². The zero-order chi connectivity index (χ0) is 25.1. The number of halogens is 3. The Morgan fingerprint density at radius 2 is 2.00 bits per heavy atom. The summed E-state index contributed by atoms with van der Waals surface area (Å²) in [6.07, 6.45) is -5.44. The van der Waals surface area contributed by atoms with E-state index >= 15 is 0 Å². The number of nitrogens with zero attached hydrogens (tertiary/aromatic N) is 1. The molecule has 0 spiro atoms. The number of aliphatic hydroxyl groups is 1. The number of rotatable bonds is 10. The molecule has 2 aromatic carbocycles. The zero-order valence-corrected chi connectivity index (χ0v) is 19.7.